The van der Waals surface area contributed by atoms with Gasteiger partial charge in [-0.15, -0.1) is 0 Å². The molecule has 0 amide bonds. The molecule has 0 unspecified atom stereocenters. The summed E-state index contributed by atoms with van der Waals surface area (Å²) in [5, 5.41) is 0. The van der Waals surface area contributed by atoms with Crippen molar-refractivity contribution in [1.82, 2.24) is 0 Å². The first-order valence-corrected chi connectivity index (χ1v) is 8.25. The van der Waals surface area contributed by atoms with Crippen LogP contribution in [-0.2, 0) is 4.79 Å². The normalized spacial score (nSPS) is 10.5. The van der Waals surface area contributed by atoms with Crippen molar-refractivity contribution in [3.8, 4) is 11.5 Å². The molecule has 122 valence electrons. The minimum absolute atomic E-state index is 0.112. The highest BCUT2D eigenvalue weighted by molar-refractivity contribution is 9.10. The summed E-state index contributed by atoms with van der Waals surface area (Å²) >= 11 is 3.43. The fourth-order valence-corrected chi connectivity index (χ4v) is 3.18. The summed E-state index contributed by atoms with van der Waals surface area (Å²) in [6.07, 6.45) is 0. The molecule has 23 heavy (non-hydrogen) atoms. The highest BCUT2D eigenvalue weighted by atomic mass is 79.9. The zero-order valence-electron chi connectivity index (χ0n) is 14.1. The molecule has 0 heterocycles. The average Bonchev–Trinajstić information content (AvgIpc) is 2.45. The number of rotatable bonds is 4. The molecule has 0 atom stereocenters. The van der Waals surface area contributed by atoms with Gasteiger partial charge in [-0.2, -0.15) is 0 Å². The highest BCUT2D eigenvalue weighted by Gasteiger charge is 2.13. The van der Waals surface area contributed by atoms with Crippen molar-refractivity contribution in [3.05, 3.63) is 56.6 Å². The van der Waals surface area contributed by atoms with E-state index in [-0.39, 0.29) is 6.61 Å². The minimum atomic E-state index is -0.405. The highest BCUT2D eigenvalue weighted by Crippen LogP contribution is 2.28. The molecule has 0 aliphatic heterocycles. The lowest BCUT2D eigenvalue weighted by Gasteiger charge is -2.14. The monoisotopic (exact) mass is 376 g/mol. The van der Waals surface area contributed by atoms with Crippen LogP contribution < -0.4 is 9.47 Å². The Morgan fingerprint density at radius 3 is 2.17 bits per heavy atom. The summed E-state index contributed by atoms with van der Waals surface area (Å²) in [5.41, 5.74) is 5.11. The molecule has 3 nitrogen and oxygen atoms in total. The Balaban J connectivity index is 2.07. The topological polar surface area (TPSA) is 35.5 Å². The molecule has 0 fully saturated rings. The van der Waals surface area contributed by atoms with Gasteiger partial charge in [-0.05, 0) is 80.6 Å². The van der Waals surface area contributed by atoms with Gasteiger partial charge in [-0.3, -0.25) is 0 Å². The molecule has 0 aromatic heterocycles. The second-order valence-electron chi connectivity index (χ2n) is 5.84. The number of esters is 1. The molecule has 0 bridgehead atoms. The predicted molar refractivity (Wildman–Crippen MR) is 95.4 cm³/mol. The van der Waals surface area contributed by atoms with Gasteiger partial charge >= 0.3 is 5.97 Å². The summed E-state index contributed by atoms with van der Waals surface area (Å²) in [4.78, 5) is 12.1. The number of hydrogen-bond donors (Lipinski definition) is 0. The van der Waals surface area contributed by atoms with Crippen molar-refractivity contribution in [2.45, 2.75) is 34.6 Å². The van der Waals surface area contributed by atoms with Crippen LogP contribution in [0.25, 0.3) is 0 Å². The fourth-order valence-electron chi connectivity index (χ4n) is 2.49. The number of halogens is 1. The third-order valence-corrected chi connectivity index (χ3v) is 4.21. The first kappa shape index (κ1) is 17.5. The molecular weight excluding hydrogens is 356 g/mol. The van der Waals surface area contributed by atoms with Crippen molar-refractivity contribution in [1.29, 1.82) is 0 Å². The smallest absolute Gasteiger partial charge is 0.349 e. The van der Waals surface area contributed by atoms with Gasteiger partial charge in [-0.25, -0.2) is 4.79 Å². The third kappa shape index (κ3) is 4.35. The zero-order valence-corrected chi connectivity index (χ0v) is 15.7. The van der Waals surface area contributed by atoms with Crippen molar-refractivity contribution < 1.29 is 14.3 Å². The standard InChI is InChI=1S/C19H21BrO3/c1-11-6-12(2)15(5)17(7-11)22-10-18(21)23-19-13(3)8-16(20)9-14(19)4/h6-9H,10H2,1-5H3. The molecule has 0 spiro atoms. The van der Waals surface area contributed by atoms with Gasteiger partial charge in [0.05, 0.1) is 0 Å². The molecule has 0 aliphatic carbocycles. The lowest BCUT2D eigenvalue weighted by Crippen LogP contribution is -2.19. The summed E-state index contributed by atoms with van der Waals surface area (Å²) in [6, 6.07) is 7.87. The van der Waals surface area contributed by atoms with E-state index in [1.807, 2.05) is 52.8 Å². The van der Waals surface area contributed by atoms with Crippen molar-refractivity contribution in [2.24, 2.45) is 0 Å². The lowest BCUT2D eigenvalue weighted by atomic mass is 10.1. The second-order valence-corrected chi connectivity index (χ2v) is 6.75. The van der Waals surface area contributed by atoms with Crippen LogP contribution in [-0.4, -0.2) is 12.6 Å². The van der Waals surface area contributed by atoms with E-state index in [0.29, 0.717) is 5.75 Å². The van der Waals surface area contributed by atoms with Crippen LogP contribution >= 0.6 is 15.9 Å². The quantitative estimate of drug-likeness (QED) is 0.557. The van der Waals surface area contributed by atoms with Gasteiger partial charge in [0.2, 0.25) is 0 Å². The van der Waals surface area contributed by atoms with Gasteiger partial charge in [0.25, 0.3) is 0 Å². The van der Waals surface area contributed by atoms with Crippen molar-refractivity contribution >= 4 is 21.9 Å². The summed E-state index contributed by atoms with van der Waals surface area (Å²) in [6.45, 7) is 9.73. The zero-order chi connectivity index (χ0) is 17.1. The van der Waals surface area contributed by atoms with Crippen LogP contribution in [0.5, 0.6) is 11.5 Å². The molecule has 2 rings (SSSR count). The number of carbonyl (C=O) groups excluding carboxylic acids is 1. The fraction of sp³-hybridized carbons (Fsp3) is 0.316. The molecule has 2 aromatic carbocycles. The summed E-state index contributed by atoms with van der Waals surface area (Å²) in [7, 11) is 0. The van der Waals surface area contributed by atoms with E-state index >= 15 is 0 Å². The molecule has 0 saturated heterocycles. The number of aryl methyl sites for hydroxylation is 4. The first-order chi connectivity index (χ1) is 10.8. The van der Waals surface area contributed by atoms with E-state index in [1.54, 1.807) is 0 Å². The van der Waals surface area contributed by atoms with Crippen LogP contribution in [0.15, 0.2) is 28.7 Å². The maximum Gasteiger partial charge on any atom is 0.349 e. The average molecular weight is 377 g/mol. The Morgan fingerprint density at radius 2 is 1.57 bits per heavy atom. The number of benzene rings is 2. The SMILES string of the molecule is Cc1cc(C)c(C)c(OCC(=O)Oc2c(C)cc(Br)cc2C)c1. The Kier molecular flexibility index (Phi) is 5.47. The third-order valence-electron chi connectivity index (χ3n) is 3.75. The van der Waals surface area contributed by atoms with Gasteiger partial charge in [-0.1, -0.05) is 22.0 Å². The largest absolute Gasteiger partial charge is 0.482 e. The molecule has 0 saturated carbocycles. The van der Waals surface area contributed by atoms with Crippen LogP contribution in [0, 0.1) is 34.6 Å². The predicted octanol–water partition coefficient (Wildman–Crippen LogP) is 4.98. The molecule has 4 heteroatoms. The molecule has 0 radical (unpaired) electrons. The molecule has 0 N–H and O–H groups in total. The van der Waals surface area contributed by atoms with E-state index in [4.69, 9.17) is 9.47 Å². The van der Waals surface area contributed by atoms with E-state index in [0.717, 1.165) is 38.0 Å². The summed E-state index contributed by atoms with van der Waals surface area (Å²) < 4.78 is 12.1. The number of ether oxygens (including phenoxy) is 2. The van der Waals surface area contributed by atoms with Crippen LogP contribution in [0.1, 0.15) is 27.8 Å². The van der Waals surface area contributed by atoms with Crippen LogP contribution in [0.4, 0.5) is 0 Å². The van der Waals surface area contributed by atoms with Gasteiger partial charge < -0.3 is 9.47 Å². The Morgan fingerprint density at radius 1 is 0.957 bits per heavy atom. The minimum Gasteiger partial charge on any atom is -0.482 e. The van der Waals surface area contributed by atoms with Gasteiger partial charge in [0.15, 0.2) is 6.61 Å². The van der Waals surface area contributed by atoms with Gasteiger partial charge in [0, 0.05) is 4.47 Å². The van der Waals surface area contributed by atoms with E-state index in [1.165, 1.54) is 0 Å². The van der Waals surface area contributed by atoms with Crippen molar-refractivity contribution in [2.75, 3.05) is 6.61 Å². The Bertz CT molecular complexity index is 728. The maximum absolute atomic E-state index is 12.1. The maximum atomic E-state index is 12.1. The van der Waals surface area contributed by atoms with Gasteiger partial charge in [0.1, 0.15) is 11.5 Å². The van der Waals surface area contributed by atoms with Crippen LogP contribution in [0.2, 0.25) is 0 Å². The lowest BCUT2D eigenvalue weighted by molar-refractivity contribution is -0.136. The van der Waals surface area contributed by atoms with E-state index in [9.17, 15) is 4.79 Å². The van der Waals surface area contributed by atoms with Crippen LogP contribution in [0.3, 0.4) is 0 Å². The molecule has 0 aliphatic rings. The number of carbonyl (C=O) groups is 1. The Labute approximate surface area is 145 Å². The Hall–Kier alpha value is -1.81. The van der Waals surface area contributed by atoms with E-state index < -0.39 is 5.97 Å². The second kappa shape index (κ2) is 7.18. The van der Waals surface area contributed by atoms with Crippen molar-refractivity contribution in [3.63, 3.8) is 0 Å². The van der Waals surface area contributed by atoms with E-state index in [2.05, 4.69) is 22.0 Å². The molecular formula is C19H21BrO3. The summed E-state index contributed by atoms with van der Waals surface area (Å²) in [5.74, 6) is 0.916. The first-order valence-electron chi connectivity index (χ1n) is 7.46. The molecule has 2 aromatic rings. The number of hydrogen-bond acceptors (Lipinski definition) is 3.